The minimum absolute atomic E-state index is 0.0175. The lowest BCUT2D eigenvalue weighted by Gasteiger charge is -2.59. The molecule has 3 fully saturated rings. The molecule has 1 spiro atoms. The number of hydrogen-bond donors (Lipinski definition) is 0. The standard InChI is InChI=1S/C14H18O4/c1-17-14(18-2)12(16)9-3-5-13(14)6-4-11(15)8-10(13)7-9/h4,6,9-10H,3,5,7-8H2,1-2H3/t9-,10?,13-/m0/s1. The van der Waals surface area contributed by atoms with Crippen LogP contribution in [0.2, 0.25) is 0 Å². The lowest BCUT2D eigenvalue weighted by Crippen LogP contribution is -2.68. The highest BCUT2D eigenvalue weighted by molar-refractivity contribution is 5.95. The molecule has 0 amide bonds. The predicted octanol–water partition coefficient (Wildman–Crippen LogP) is 1.49. The van der Waals surface area contributed by atoms with E-state index in [0.29, 0.717) is 6.42 Å². The summed E-state index contributed by atoms with van der Waals surface area (Å²) in [6, 6.07) is 0. The third-order valence-corrected chi connectivity index (χ3v) is 5.10. The molecule has 4 heteroatoms. The normalized spacial score (nSPS) is 41.0. The van der Waals surface area contributed by atoms with Crippen molar-refractivity contribution in [2.75, 3.05) is 14.2 Å². The van der Waals surface area contributed by atoms with Crippen LogP contribution in [-0.2, 0) is 19.1 Å². The molecular weight excluding hydrogens is 232 g/mol. The molecule has 0 aromatic carbocycles. The number of rotatable bonds is 2. The first-order valence-corrected chi connectivity index (χ1v) is 6.46. The average molecular weight is 250 g/mol. The summed E-state index contributed by atoms with van der Waals surface area (Å²) >= 11 is 0. The number of Topliss-reactive ketones (excluding diaryl/α,β-unsaturated/α-hetero) is 1. The molecule has 2 bridgehead atoms. The van der Waals surface area contributed by atoms with Crippen LogP contribution in [0.3, 0.4) is 0 Å². The van der Waals surface area contributed by atoms with Crippen molar-refractivity contribution >= 4 is 11.6 Å². The Morgan fingerprint density at radius 2 is 2.00 bits per heavy atom. The molecule has 1 unspecified atom stereocenters. The zero-order valence-corrected chi connectivity index (χ0v) is 10.8. The monoisotopic (exact) mass is 250 g/mol. The second-order valence-corrected chi connectivity index (χ2v) is 5.60. The minimum Gasteiger partial charge on any atom is -0.346 e. The lowest BCUT2D eigenvalue weighted by molar-refractivity contribution is -0.286. The Labute approximate surface area is 106 Å². The van der Waals surface area contributed by atoms with E-state index in [2.05, 4.69) is 0 Å². The van der Waals surface area contributed by atoms with Gasteiger partial charge in [-0.2, -0.15) is 0 Å². The van der Waals surface area contributed by atoms with Gasteiger partial charge in [0.2, 0.25) is 5.79 Å². The van der Waals surface area contributed by atoms with Gasteiger partial charge in [0.1, 0.15) is 0 Å². The topological polar surface area (TPSA) is 52.6 Å². The maximum Gasteiger partial charge on any atom is 0.238 e. The Morgan fingerprint density at radius 1 is 1.28 bits per heavy atom. The Kier molecular flexibility index (Phi) is 2.51. The molecule has 4 aliphatic carbocycles. The van der Waals surface area contributed by atoms with Crippen LogP contribution in [0.25, 0.3) is 0 Å². The van der Waals surface area contributed by atoms with Gasteiger partial charge in [0, 0.05) is 26.6 Å². The first kappa shape index (κ1) is 12.1. The molecule has 0 N–H and O–H groups in total. The van der Waals surface area contributed by atoms with Gasteiger partial charge < -0.3 is 9.47 Å². The van der Waals surface area contributed by atoms with Crippen LogP contribution in [0.1, 0.15) is 25.7 Å². The van der Waals surface area contributed by atoms with E-state index in [4.69, 9.17) is 9.47 Å². The summed E-state index contributed by atoms with van der Waals surface area (Å²) < 4.78 is 11.1. The molecule has 4 rings (SSSR count). The number of carbonyl (C=O) groups excluding carboxylic acids is 2. The van der Waals surface area contributed by atoms with E-state index in [1.807, 2.05) is 6.08 Å². The smallest absolute Gasteiger partial charge is 0.238 e. The van der Waals surface area contributed by atoms with Crippen LogP contribution in [-0.4, -0.2) is 31.6 Å². The van der Waals surface area contributed by atoms with Crippen molar-refractivity contribution < 1.29 is 19.1 Å². The molecular formula is C14H18O4. The number of ketones is 2. The van der Waals surface area contributed by atoms with Gasteiger partial charge >= 0.3 is 0 Å². The number of hydrogen-bond acceptors (Lipinski definition) is 4. The van der Waals surface area contributed by atoms with Crippen molar-refractivity contribution in [3.05, 3.63) is 12.2 Å². The van der Waals surface area contributed by atoms with Crippen LogP contribution >= 0.6 is 0 Å². The third kappa shape index (κ3) is 1.18. The van der Waals surface area contributed by atoms with E-state index < -0.39 is 11.2 Å². The summed E-state index contributed by atoms with van der Waals surface area (Å²) in [7, 11) is 3.05. The van der Waals surface area contributed by atoms with Crippen molar-refractivity contribution in [2.24, 2.45) is 17.3 Å². The number of fused-ring (bicyclic) bond motifs is 2. The van der Waals surface area contributed by atoms with E-state index in [1.54, 1.807) is 6.08 Å². The summed E-state index contributed by atoms with van der Waals surface area (Å²) in [6.07, 6.45) is 6.52. The maximum absolute atomic E-state index is 12.5. The van der Waals surface area contributed by atoms with E-state index in [-0.39, 0.29) is 23.4 Å². The second-order valence-electron chi connectivity index (χ2n) is 5.60. The molecule has 0 radical (unpaired) electrons. The number of ether oxygens (including phenoxy) is 2. The fourth-order valence-corrected chi connectivity index (χ4v) is 4.27. The van der Waals surface area contributed by atoms with E-state index in [0.717, 1.165) is 19.3 Å². The van der Waals surface area contributed by atoms with Crippen molar-refractivity contribution in [3.63, 3.8) is 0 Å². The highest BCUT2D eigenvalue weighted by Crippen LogP contribution is 2.61. The summed E-state index contributed by atoms with van der Waals surface area (Å²) in [4.78, 5) is 24.1. The van der Waals surface area contributed by atoms with Gasteiger partial charge in [0.15, 0.2) is 11.6 Å². The van der Waals surface area contributed by atoms with Crippen LogP contribution in [0.5, 0.6) is 0 Å². The van der Waals surface area contributed by atoms with Crippen LogP contribution < -0.4 is 0 Å². The quantitative estimate of drug-likeness (QED) is 0.697. The zero-order valence-electron chi connectivity index (χ0n) is 10.8. The minimum atomic E-state index is -1.18. The number of allylic oxidation sites excluding steroid dienone is 1. The molecule has 98 valence electrons. The van der Waals surface area contributed by atoms with Gasteiger partial charge in [0.25, 0.3) is 0 Å². The first-order valence-electron chi connectivity index (χ1n) is 6.46. The van der Waals surface area contributed by atoms with Crippen LogP contribution in [0, 0.1) is 17.3 Å². The Morgan fingerprint density at radius 3 is 2.67 bits per heavy atom. The van der Waals surface area contributed by atoms with Gasteiger partial charge in [0.05, 0.1) is 5.41 Å². The summed E-state index contributed by atoms with van der Waals surface area (Å²) in [5.74, 6) is -0.834. The summed E-state index contributed by atoms with van der Waals surface area (Å²) in [5.41, 5.74) is -0.448. The fraction of sp³-hybridized carbons (Fsp3) is 0.714. The SMILES string of the molecule is COC1(OC)C(=O)[C@H]2CC[C@@]13C=CC(=O)CC3C2. The average Bonchev–Trinajstić information content (AvgIpc) is 2.39. The molecule has 3 saturated carbocycles. The predicted molar refractivity (Wildman–Crippen MR) is 63.8 cm³/mol. The molecule has 0 saturated heterocycles. The molecule has 4 aliphatic rings. The fourth-order valence-electron chi connectivity index (χ4n) is 4.27. The van der Waals surface area contributed by atoms with Gasteiger partial charge in [-0.15, -0.1) is 0 Å². The van der Waals surface area contributed by atoms with E-state index in [9.17, 15) is 9.59 Å². The maximum atomic E-state index is 12.5. The van der Waals surface area contributed by atoms with Crippen LogP contribution in [0.4, 0.5) is 0 Å². The second kappa shape index (κ2) is 3.75. The summed E-state index contributed by atoms with van der Waals surface area (Å²) in [5, 5.41) is 0. The Hall–Kier alpha value is -1.00. The van der Waals surface area contributed by atoms with Crippen molar-refractivity contribution in [3.8, 4) is 0 Å². The highest BCUT2D eigenvalue weighted by Gasteiger charge is 2.68. The largest absolute Gasteiger partial charge is 0.346 e. The molecule has 0 aromatic heterocycles. The first-order chi connectivity index (χ1) is 8.59. The van der Waals surface area contributed by atoms with Crippen molar-refractivity contribution in [1.29, 1.82) is 0 Å². The number of carbonyl (C=O) groups is 2. The number of methoxy groups -OCH3 is 2. The Balaban J connectivity index is 2.17. The van der Waals surface area contributed by atoms with Gasteiger partial charge in [-0.3, -0.25) is 9.59 Å². The molecule has 0 aliphatic heterocycles. The van der Waals surface area contributed by atoms with Crippen molar-refractivity contribution in [1.82, 2.24) is 0 Å². The van der Waals surface area contributed by atoms with Crippen molar-refractivity contribution in [2.45, 2.75) is 31.5 Å². The van der Waals surface area contributed by atoms with Gasteiger partial charge in [-0.1, -0.05) is 6.08 Å². The highest BCUT2D eigenvalue weighted by atomic mass is 16.7. The summed E-state index contributed by atoms with van der Waals surface area (Å²) in [6.45, 7) is 0. The molecule has 4 nitrogen and oxygen atoms in total. The van der Waals surface area contributed by atoms with Crippen LogP contribution in [0.15, 0.2) is 12.2 Å². The zero-order chi connectivity index (χ0) is 13.0. The van der Waals surface area contributed by atoms with Gasteiger partial charge in [-0.05, 0) is 31.3 Å². The molecule has 18 heavy (non-hydrogen) atoms. The lowest BCUT2D eigenvalue weighted by atomic mass is 9.49. The van der Waals surface area contributed by atoms with E-state index in [1.165, 1.54) is 14.2 Å². The third-order valence-electron chi connectivity index (χ3n) is 5.10. The van der Waals surface area contributed by atoms with Gasteiger partial charge in [-0.25, -0.2) is 0 Å². The Bertz CT molecular complexity index is 435. The van der Waals surface area contributed by atoms with E-state index >= 15 is 0 Å². The molecule has 0 aromatic rings. The molecule has 3 atom stereocenters. The molecule has 0 heterocycles.